The van der Waals surface area contributed by atoms with Gasteiger partial charge >= 0.3 is 0 Å². The third kappa shape index (κ3) is 4.67. The molecule has 4 rings (SSSR count). The van der Waals surface area contributed by atoms with Crippen molar-refractivity contribution in [3.8, 4) is 11.4 Å². The van der Waals surface area contributed by atoms with E-state index in [1.54, 1.807) is 19.5 Å². The quantitative estimate of drug-likeness (QED) is 0.531. The summed E-state index contributed by atoms with van der Waals surface area (Å²) < 4.78 is 34.0. The number of benzene rings is 1. The van der Waals surface area contributed by atoms with Crippen LogP contribution in [0.4, 0.5) is 14.5 Å². The van der Waals surface area contributed by atoms with Gasteiger partial charge in [0, 0.05) is 32.0 Å². The number of aromatic nitrogens is 3. The molecule has 9 heteroatoms. The fourth-order valence-corrected chi connectivity index (χ4v) is 4.91. The third-order valence-electron chi connectivity index (χ3n) is 6.47. The van der Waals surface area contributed by atoms with Crippen molar-refractivity contribution in [3.05, 3.63) is 71.3 Å². The summed E-state index contributed by atoms with van der Waals surface area (Å²) in [4.78, 5) is 25.5. The number of rotatable bonds is 6. The smallest absolute Gasteiger partial charge is 0.187 e. The minimum absolute atomic E-state index is 0.0128. The van der Waals surface area contributed by atoms with Gasteiger partial charge in [-0.2, -0.15) is 0 Å². The van der Waals surface area contributed by atoms with Gasteiger partial charge < -0.3 is 16.2 Å². The first-order chi connectivity index (χ1) is 16.3. The highest BCUT2D eigenvalue weighted by atomic mass is 19.1. The molecule has 2 aromatic heterocycles. The number of hydrogen-bond donors (Lipinski definition) is 2. The van der Waals surface area contributed by atoms with Crippen LogP contribution in [0.25, 0.3) is 11.4 Å². The molecule has 178 valence electrons. The van der Waals surface area contributed by atoms with Crippen LogP contribution in [0.1, 0.15) is 47.3 Å². The summed E-state index contributed by atoms with van der Waals surface area (Å²) in [6.07, 6.45) is 6.10. The lowest BCUT2D eigenvalue weighted by Gasteiger charge is -2.38. The molecule has 4 atom stereocenters. The van der Waals surface area contributed by atoms with Gasteiger partial charge in [0.15, 0.2) is 11.6 Å². The van der Waals surface area contributed by atoms with Crippen molar-refractivity contribution in [1.29, 1.82) is 0 Å². The van der Waals surface area contributed by atoms with Gasteiger partial charge in [0.25, 0.3) is 0 Å². The molecule has 0 aliphatic heterocycles. The van der Waals surface area contributed by atoms with Gasteiger partial charge in [-0.15, -0.1) is 0 Å². The number of hydrogen-bond acceptors (Lipinski definition) is 7. The van der Waals surface area contributed by atoms with Gasteiger partial charge in [0.05, 0.1) is 23.6 Å². The van der Waals surface area contributed by atoms with Crippen molar-refractivity contribution in [2.75, 3.05) is 12.8 Å². The van der Waals surface area contributed by atoms with E-state index in [0.717, 1.165) is 36.1 Å². The van der Waals surface area contributed by atoms with E-state index in [0.29, 0.717) is 0 Å². The largest absolute Gasteiger partial charge is 0.396 e. The fraction of sp³-hybridized carbons (Fsp3) is 0.360. The van der Waals surface area contributed by atoms with Gasteiger partial charge in [-0.3, -0.25) is 9.78 Å². The number of halogens is 2. The van der Waals surface area contributed by atoms with Crippen molar-refractivity contribution in [3.63, 3.8) is 0 Å². The number of ether oxygens (including phenoxy) is 1. The molecule has 0 bridgehead atoms. The molecule has 1 fully saturated rings. The summed E-state index contributed by atoms with van der Waals surface area (Å²) >= 11 is 0. The summed E-state index contributed by atoms with van der Waals surface area (Å²) in [5.74, 6) is -1.88. The highest BCUT2D eigenvalue weighted by Gasteiger charge is 2.35. The van der Waals surface area contributed by atoms with Crippen LogP contribution < -0.4 is 11.5 Å². The van der Waals surface area contributed by atoms with Crippen LogP contribution in [0.5, 0.6) is 0 Å². The summed E-state index contributed by atoms with van der Waals surface area (Å²) in [6.45, 7) is 2.11. The van der Waals surface area contributed by atoms with Crippen LogP contribution in [0.2, 0.25) is 0 Å². The number of carbonyl (C=O) groups excluding carboxylic acids is 1. The maximum atomic E-state index is 14.2. The summed E-state index contributed by atoms with van der Waals surface area (Å²) in [7, 11) is 1.67. The van der Waals surface area contributed by atoms with E-state index in [-0.39, 0.29) is 47.6 Å². The number of methoxy groups -OCH3 is 1. The fourth-order valence-electron chi connectivity index (χ4n) is 4.91. The van der Waals surface area contributed by atoms with Crippen LogP contribution >= 0.6 is 0 Å². The van der Waals surface area contributed by atoms with E-state index in [9.17, 15) is 13.6 Å². The predicted octanol–water partition coefficient (Wildman–Crippen LogP) is 3.68. The second-order valence-electron chi connectivity index (χ2n) is 8.78. The van der Waals surface area contributed by atoms with E-state index in [1.165, 1.54) is 12.3 Å². The zero-order valence-electron chi connectivity index (χ0n) is 19.0. The number of nitrogens with two attached hydrogens (primary N) is 2. The molecule has 0 saturated heterocycles. The molecular weight excluding hydrogens is 440 g/mol. The molecule has 0 unspecified atom stereocenters. The zero-order valence-corrected chi connectivity index (χ0v) is 19.0. The van der Waals surface area contributed by atoms with E-state index in [4.69, 9.17) is 16.2 Å². The number of pyridine rings is 1. The molecule has 1 saturated carbocycles. The number of Topliss-reactive ketones (excluding diaryl/α,β-unsaturated/α-hetero) is 1. The van der Waals surface area contributed by atoms with Gasteiger partial charge in [0.1, 0.15) is 17.3 Å². The van der Waals surface area contributed by atoms with Crippen molar-refractivity contribution in [2.24, 2.45) is 11.7 Å². The van der Waals surface area contributed by atoms with E-state index in [2.05, 4.69) is 21.9 Å². The predicted molar refractivity (Wildman–Crippen MR) is 124 cm³/mol. The standard InChI is InChI=1S/C25H27F2N5O2/c1-13-8-14(9-19(28)24(13)34-2)16-6-7-30-11-15(16)10-21(33)23-20(29)12-31-25(32-23)22-17(26)4-3-5-18(22)27/h3-7,11-14,19,24H,8-10,28-29H2,1-2H3/t13-,14+,19+,24-/m0/s1. The Morgan fingerprint density at radius 3 is 2.59 bits per heavy atom. The normalized spacial score (nSPS) is 22.5. The van der Waals surface area contributed by atoms with Crippen molar-refractivity contribution in [2.45, 2.75) is 44.2 Å². The van der Waals surface area contributed by atoms with Crippen molar-refractivity contribution in [1.82, 2.24) is 15.0 Å². The molecule has 2 heterocycles. The molecule has 0 spiro atoms. The Bertz CT molecular complexity index is 1170. The molecule has 1 aromatic carbocycles. The van der Waals surface area contributed by atoms with Crippen molar-refractivity contribution >= 4 is 11.5 Å². The van der Waals surface area contributed by atoms with Crippen molar-refractivity contribution < 1.29 is 18.3 Å². The van der Waals surface area contributed by atoms with Crippen LogP contribution in [0, 0.1) is 17.6 Å². The molecule has 0 radical (unpaired) electrons. The lowest BCUT2D eigenvalue weighted by molar-refractivity contribution is 0.00970. The second-order valence-corrected chi connectivity index (χ2v) is 8.78. The van der Waals surface area contributed by atoms with E-state index in [1.807, 2.05) is 6.07 Å². The molecule has 0 amide bonds. The maximum absolute atomic E-state index is 14.2. The number of nitrogen functional groups attached to an aromatic ring is 1. The second kappa shape index (κ2) is 9.90. The average molecular weight is 468 g/mol. The van der Waals surface area contributed by atoms with E-state index < -0.39 is 23.0 Å². The monoisotopic (exact) mass is 467 g/mol. The SMILES string of the molecule is CO[C@@H]1[C@H](N)C[C@H](c2ccncc2CC(=O)c2nc(-c3c(F)cccc3F)ncc2N)C[C@@H]1C. The number of carbonyl (C=O) groups is 1. The van der Waals surface area contributed by atoms with Crippen LogP contribution in [0.3, 0.4) is 0 Å². The first-order valence-electron chi connectivity index (χ1n) is 11.1. The Labute approximate surface area is 196 Å². The van der Waals surface area contributed by atoms with Gasteiger partial charge in [-0.05, 0) is 54.0 Å². The lowest BCUT2D eigenvalue weighted by atomic mass is 9.73. The Morgan fingerprint density at radius 1 is 1.18 bits per heavy atom. The summed E-state index contributed by atoms with van der Waals surface area (Å²) in [5, 5.41) is 0. The Kier molecular flexibility index (Phi) is 6.95. The average Bonchev–Trinajstić information content (AvgIpc) is 2.80. The number of anilines is 1. The number of nitrogens with zero attached hydrogens (tertiary/aromatic N) is 3. The van der Waals surface area contributed by atoms with Gasteiger partial charge in [0.2, 0.25) is 0 Å². The Balaban J connectivity index is 1.63. The third-order valence-corrected chi connectivity index (χ3v) is 6.47. The first kappa shape index (κ1) is 23.8. The van der Waals surface area contributed by atoms with E-state index >= 15 is 0 Å². The maximum Gasteiger partial charge on any atom is 0.187 e. The number of ketones is 1. The highest BCUT2D eigenvalue weighted by Crippen LogP contribution is 2.38. The van der Waals surface area contributed by atoms with Gasteiger partial charge in [-0.25, -0.2) is 18.7 Å². The van der Waals surface area contributed by atoms with Crippen LogP contribution in [0.15, 0.2) is 42.9 Å². The first-order valence-corrected chi connectivity index (χ1v) is 11.1. The topological polar surface area (TPSA) is 117 Å². The Morgan fingerprint density at radius 2 is 1.91 bits per heavy atom. The zero-order chi connectivity index (χ0) is 24.4. The molecule has 7 nitrogen and oxygen atoms in total. The lowest BCUT2D eigenvalue weighted by Crippen LogP contribution is -2.45. The minimum atomic E-state index is -0.824. The molecule has 4 N–H and O–H groups in total. The molecular formula is C25H27F2N5O2. The van der Waals surface area contributed by atoms with Crippen LogP contribution in [-0.2, 0) is 11.2 Å². The summed E-state index contributed by atoms with van der Waals surface area (Å²) in [6, 6.07) is 5.24. The minimum Gasteiger partial charge on any atom is -0.396 e. The molecule has 3 aromatic rings. The molecule has 34 heavy (non-hydrogen) atoms. The molecule has 1 aliphatic carbocycles. The van der Waals surface area contributed by atoms with Crippen LogP contribution in [-0.4, -0.2) is 40.0 Å². The summed E-state index contributed by atoms with van der Waals surface area (Å²) in [5.41, 5.74) is 13.6. The van der Waals surface area contributed by atoms with Gasteiger partial charge in [-0.1, -0.05) is 13.0 Å². The highest BCUT2D eigenvalue weighted by molar-refractivity contribution is 6.00. The molecule has 1 aliphatic rings. The Hall–Kier alpha value is -3.30.